The molecule has 0 radical (unpaired) electrons. The van der Waals surface area contributed by atoms with Crippen molar-refractivity contribution in [1.29, 1.82) is 0 Å². The number of carbonyl (C=O) groups excluding carboxylic acids is 1. The van der Waals surface area contributed by atoms with Crippen LogP contribution in [-0.2, 0) is 4.74 Å². The third kappa shape index (κ3) is 3.46. The third-order valence-corrected chi connectivity index (χ3v) is 3.57. The molecular formula is C15H23N3O3. The molecule has 1 aromatic rings. The summed E-state index contributed by atoms with van der Waals surface area (Å²) in [6, 6.07) is 5.32. The Labute approximate surface area is 125 Å². The van der Waals surface area contributed by atoms with Gasteiger partial charge in [0.05, 0.1) is 30.2 Å². The standard InChI is InChI=1S/C15H23N3O3/c1-10-7-18(8-12(9-19)21-10)15(20)11-4-5-14(17(2)3)13(16)6-11/h4-6,10,12,19H,7-9,16H2,1-3H3. The van der Waals surface area contributed by atoms with Crippen LogP contribution in [0.25, 0.3) is 0 Å². The smallest absolute Gasteiger partial charge is 0.254 e. The molecule has 1 aromatic carbocycles. The van der Waals surface area contributed by atoms with E-state index in [0.29, 0.717) is 24.3 Å². The first-order chi connectivity index (χ1) is 9.92. The highest BCUT2D eigenvalue weighted by Gasteiger charge is 2.28. The Bertz CT molecular complexity index is 519. The number of ether oxygens (including phenoxy) is 1. The molecule has 6 nitrogen and oxygen atoms in total. The van der Waals surface area contributed by atoms with E-state index in [2.05, 4.69) is 0 Å². The second-order valence-electron chi connectivity index (χ2n) is 5.63. The largest absolute Gasteiger partial charge is 0.397 e. The molecule has 0 spiro atoms. The summed E-state index contributed by atoms with van der Waals surface area (Å²) in [5.41, 5.74) is 8.01. The van der Waals surface area contributed by atoms with Gasteiger partial charge in [0, 0.05) is 32.7 Å². The molecule has 3 N–H and O–H groups in total. The summed E-state index contributed by atoms with van der Waals surface area (Å²) >= 11 is 0. The molecule has 6 heteroatoms. The van der Waals surface area contributed by atoms with Crippen molar-refractivity contribution in [2.24, 2.45) is 0 Å². The topological polar surface area (TPSA) is 79.0 Å². The maximum absolute atomic E-state index is 12.6. The number of amides is 1. The van der Waals surface area contributed by atoms with Crippen LogP contribution in [0.4, 0.5) is 11.4 Å². The van der Waals surface area contributed by atoms with E-state index < -0.39 is 0 Å². The van der Waals surface area contributed by atoms with Crippen LogP contribution in [0.1, 0.15) is 17.3 Å². The highest BCUT2D eigenvalue weighted by atomic mass is 16.5. The maximum Gasteiger partial charge on any atom is 0.254 e. The Kier molecular flexibility index (Phi) is 4.69. The summed E-state index contributed by atoms with van der Waals surface area (Å²) in [4.78, 5) is 16.2. The van der Waals surface area contributed by atoms with Gasteiger partial charge < -0.3 is 25.4 Å². The van der Waals surface area contributed by atoms with Gasteiger partial charge in [0.2, 0.25) is 0 Å². The van der Waals surface area contributed by atoms with Gasteiger partial charge in [0.1, 0.15) is 0 Å². The van der Waals surface area contributed by atoms with Crippen LogP contribution in [-0.4, -0.2) is 61.9 Å². The maximum atomic E-state index is 12.6. The number of aliphatic hydroxyl groups excluding tert-OH is 1. The van der Waals surface area contributed by atoms with Gasteiger partial charge in [-0.1, -0.05) is 0 Å². The van der Waals surface area contributed by atoms with Crippen molar-refractivity contribution in [3.63, 3.8) is 0 Å². The van der Waals surface area contributed by atoms with E-state index in [0.717, 1.165) is 5.69 Å². The normalized spacial score (nSPS) is 22.2. The van der Waals surface area contributed by atoms with Gasteiger partial charge in [-0.3, -0.25) is 4.79 Å². The number of nitrogens with zero attached hydrogens (tertiary/aromatic N) is 2. The first kappa shape index (κ1) is 15.6. The Morgan fingerprint density at radius 3 is 2.76 bits per heavy atom. The third-order valence-electron chi connectivity index (χ3n) is 3.57. The van der Waals surface area contributed by atoms with E-state index >= 15 is 0 Å². The summed E-state index contributed by atoms with van der Waals surface area (Å²) in [5, 5.41) is 9.23. The van der Waals surface area contributed by atoms with Crippen molar-refractivity contribution in [2.75, 3.05) is 44.4 Å². The average Bonchev–Trinajstić information content (AvgIpc) is 2.45. The fourth-order valence-electron chi connectivity index (χ4n) is 2.59. The number of rotatable bonds is 3. The van der Waals surface area contributed by atoms with Gasteiger partial charge in [0.15, 0.2) is 0 Å². The molecular weight excluding hydrogens is 270 g/mol. The Balaban J connectivity index is 2.17. The van der Waals surface area contributed by atoms with Gasteiger partial charge in [-0.2, -0.15) is 0 Å². The van der Waals surface area contributed by atoms with Gasteiger partial charge in [-0.25, -0.2) is 0 Å². The Hall–Kier alpha value is -1.79. The van der Waals surface area contributed by atoms with Crippen molar-refractivity contribution in [3.8, 4) is 0 Å². The molecule has 2 atom stereocenters. The first-order valence-corrected chi connectivity index (χ1v) is 7.04. The van der Waals surface area contributed by atoms with E-state index in [1.807, 2.05) is 32.0 Å². The zero-order valence-electron chi connectivity index (χ0n) is 12.7. The number of aliphatic hydroxyl groups is 1. The molecule has 2 unspecified atom stereocenters. The van der Waals surface area contributed by atoms with Crippen LogP contribution in [0.5, 0.6) is 0 Å². The molecule has 1 saturated heterocycles. The Morgan fingerprint density at radius 1 is 1.48 bits per heavy atom. The molecule has 1 amide bonds. The van der Waals surface area contributed by atoms with Crippen molar-refractivity contribution >= 4 is 17.3 Å². The second-order valence-corrected chi connectivity index (χ2v) is 5.63. The van der Waals surface area contributed by atoms with E-state index in [1.54, 1.807) is 17.0 Å². The van der Waals surface area contributed by atoms with Crippen molar-refractivity contribution in [2.45, 2.75) is 19.1 Å². The molecule has 0 aliphatic carbocycles. The minimum absolute atomic E-state index is 0.0828. The van der Waals surface area contributed by atoms with E-state index in [-0.39, 0.29) is 24.7 Å². The average molecular weight is 293 g/mol. The summed E-state index contributed by atoms with van der Waals surface area (Å²) in [7, 11) is 3.81. The lowest BCUT2D eigenvalue weighted by Crippen LogP contribution is -2.50. The molecule has 1 heterocycles. The fourth-order valence-corrected chi connectivity index (χ4v) is 2.59. The van der Waals surface area contributed by atoms with Gasteiger partial charge in [-0.15, -0.1) is 0 Å². The predicted octanol–water partition coefficient (Wildman–Crippen LogP) is 0.557. The summed E-state index contributed by atoms with van der Waals surface area (Å²) in [5.74, 6) is -0.0828. The number of hydrogen-bond acceptors (Lipinski definition) is 5. The fraction of sp³-hybridized carbons (Fsp3) is 0.533. The second kappa shape index (κ2) is 6.32. The summed E-state index contributed by atoms with van der Waals surface area (Å²) < 4.78 is 5.55. The highest BCUT2D eigenvalue weighted by Crippen LogP contribution is 2.24. The number of morpholine rings is 1. The molecule has 1 aliphatic rings. The van der Waals surface area contributed by atoms with Crippen molar-refractivity contribution in [3.05, 3.63) is 23.8 Å². The van der Waals surface area contributed by atoms with E-state index in [9.17, 15) is 9.90 Å². The number of nitrogen functional groups attached to an aromatic ring is 1. The van der Waals surface area contributed by atoms with Crippen LogP contribution < -0.4 is 10.6 Å². The van der Waals surface area contributed by atoms with E-state index in [1.165, 1.54) is 0 Å². The number of nitrogens with two attached hydrogens (primary N) is 1. The minimum atomic E-state index is -0.323. The number of benzene rings is 1. The predicted molar refractivity (Wildman–Crippen MR) is 82.5 cm³/mol. The van der Waals surface area contributed by atoms with Crippen LogP contribution >= 0.6 is 0 Å². The number of hydrogen-bond donors (Lipinski definition) is 2. The van der Waals surface area contributed by atoms with Crippen LogP contribution in [0, 0.1) is 0 Å². The minimum Gasteiger partial charge on any atom is -0.397 e. The molecule has 0 aromatic heterocycles. The molecule has 21 heavy (non-hydrogen) atoms. The monoisotopic (exact) mass is 293 g/mol. The summed E-state index contributed by atoms with van der Waals surface area (Å²) in [6.07, 6.45) is -0.408. The lowest BCUT2D eigenvalue weighted by atomic mass is 10.1. The number of carbonyl (C=O) groups is 1. The zero-order valence-corrected chi connectivity index (χ0v) is 12.7. The first-order valence-electron chi connectivity index (χ1n) is 7.04. The highest BCUT2D eigenvalue weighted by molar-refractivity contribution is 5.96. The lowest BCUT2D eigenvalue weighted by molar-refractivity contribution is -0.0858. The molecule has 0 bridgehead atoms. The van der Waals surface area contributed by atoms with Gasteiger partial charge in [0.25, 0.3) is 5.91 Å². The van der Waals surface area contributed by atoms with Crippen LogP contribution in [0.15, 0.2) is 18.2 Å². The zero-order chi connectivity index (χ0) is 15.6. The molecule has 116 valence electrons. The molecule has 0 saturated carbocycles. The van der Waals surface area contributed by atoms with Gasteiger partial charge in [-0.05, 0) is 25.1 Å². The molecule has 1 fully saturated rings. The summed E-state index contributed by atoms with van der Waals surface area (Å²) in [6.45, 7) is 2.72. The van der Waals surface area contributed by atoms with Crippen molar-refractivity contribution in [1.82, 2.24) is 4.90 Å². The molecule has 1 aliphatic heterocycles. The Morgan fingerprint density at radius 2 is 2.19 bits per heavy atom. The quantitative estimate of drug-likeness (QED) is 0.796. The number of anilines is 2. The lowest BCUT2D eigenvalue weighted by Gasteiger charge is -2.36. The van der Waals surface area contributed by atoms with Crippen LogP contribution in [0.3, 0.4) is 0 Å². The van der Waals surface area contributed by atoms with Crippen molar-refractivity contribution < 1.29 is 14.6 Å². The molecule has 2 rings (SSSR count). The van der Waals surface area contributed by atoms with Crippen LogP contribution in [0.2, 0.25) is 0 Å². The SMILES string of the molecule is CC1CN(C(=O)c2ccc(N(C)C)c(N)c2)CC(CO)O1. The van der Waals surface area contributed by atoms with Gasteiger partial charge >= 0.3 is 0 Å². The van der Waals surface area contributed by atoms with E-state index in [4.69, 9.17) is 10.5 Å².